The molecule has 122 valence electrons. The molecule has 0 bridgehead atoms. The number of rotatable bonds is 1. The van der Waals surface area contributed by atoms with Gasteiger partial charge in [0.2, 0.25) is 0 Å². The lowest BCUT2D eigenvalue weighted by Crippen LogP contribution is -2.61. The Morgan fingerprint density at radius 1 is 1.24 bits per heavy atom. The quantitative estimate of drug-likeness (QED) is 0.743. The van der Waals surface area contributed by atoms with Crippen LogP contribution in [0.5, 0.6) is 0 Å². The Hall–Kier alpha value is -0.950. The van der Waals surface area contributed by atoms with Gasteiger partial charge in [0.25, 0.3) is 5.92 Å². The number of halogens is 2. The Morgan fingerprint density at radius 3 is 2.38 bits per heavy atom. The molecule has 2 aliphatic heterocycles. The molecule has 0 aliphatic carbocycles. The number of alkyl halides is 2. The van der Waals surface area contributed by atoms with Gasteiger partial charge in [-0.2, -0.15) is 0 Å². The van der Waals surface area contributed by atoms with Gasteiger partial charge >= 0.3 is 6.09 Å². The second-order valence-corrected chi connectivity index (χ2v) is 6.62. The third kappa shape index (κ3) is 4.26. The lowest BCUT2D eigenvalue weighted by Gasteiger charge is -2.44. The number of ether oxygens (including phenoxy) is 2. The molecule has 2 saturated heterocycles. The third-order valence-electron chi connectivity index (χ3n) is 3.70. The van der Waals surface area contributed by atoms with E-state index in [1.165, 1.54) is 0 Å². The Bertz CT molecular complexity index is 379. The van der Waals surface area contributed by atoms with Crippen LogP contribution in [0.2, 0.25) is 0 Å². The molecule has 1 atom stereocenters. The smallest absolute Gasteiger partial charge is 0.410 e. The van der Waals surface area contributed by atoms with Crippen LogP contribution in [0.4, 0.5) is 13.6 Å². The molecule has 2 heterocycles. The zero-order chi connectivity index (χ0) is 15.7. The van der Waals surface area contributed by atoms with Crippen molar-refractivity contribution in [3.63, 3.8) is 0 Å². The molecule has 1 unspecified atom stereocenters. The minimum atomic E-state index is -2.92. The van der Waals surface area contributed by atoms with Crippen LogP contribution in [-0.2, 0) is 9.47 Å². The van der Waals surface area contributed by atoms with E-state index in [1.54, 1.807) is 25.7 Å². The Labute approximate surface area is 124 Å². The van der Waals surface area contributed by atoms with E-state index in [-0.39, 0.29) is 6.42 Å². The molecule has 5 nitrogen and oxygen atoms in total. The summed E-state index contributed by atoms with van der Waals surface area (Å²) in [4.78, 5) is 14.8. The summed E-state index contributed by atoms with van der Waals surface area (Å²) in [5.74, 6) is -2.92. The summed E-state index contributed by atoms with van der Waals surface area (Å²) >= 11 is 0. The van der Waals surface area contributed by atoms with Gasteiger partial charge < -0.3 is 14.4 Å². The summed E-state index contributed by atoms with van der Waals surface area (Å²) in [5.41, 5.74) is -0.673. The van der Waals surface area contributed by atoms with Crippen LogP contribution >= 0.6 is 0 Å². The molecular weight excluding hydrogens is 282 g/mol. The van der Waals surface area contributed by atoms with Crippen LogP contribution in [0.1, 0.15) is 27.2 Å². The van der Waals surface area contributed by atoms with Crippen LogP contribution in [0.3, 0.4) is 0 Å². The van der Waals surface area contributed by atoms with Crippen molar-refractivity contribution in [3.05, 3.63) is 0 Å². The van der Waals surface area contributed by atoms with Crippen molar-refractivity contribution in [1.82, 2.24) is 9.80 Å². The SMILES string of the molecule is CC(C)(C)OC(=O)N1CCC(N2CCOCC2)C(F)(F)C1. The molecule has 7 heteroatoms. The predicted molar refractivity (Wildman–Crippen MR) is 73.6 cm³/mol. The maximum absolute atomic E-state index is 14.4. The van der Waals surface area contributed by atoms with E-state index in [4.69, 9.17) is 9.47 Å². The first-order chi connectivity index (χ1) is 9.69. The number of morpholine rings is 1. The van der Waals surface area contributed by atoms with E-state index in [1.807, 2.05) is 0 Å². The fourth-order valence-corrected chi connectivity index (χ4v) is 2.75. The summed E-state index contributed by atoms with van der Waals surface area (Å²) in [6.45, 7) is 6.91. The molecule has 0 spiro atoms. The topological polar surface area (TPSA) is 42.0 Å². The molecule has 2 aliphatic rings. The molecule has 21 heavy (non-hydrogen) atoms. The zero-order valence-electron chi connectivity index (χ0n) is 12.9. The standard InChI is InChI=1S/C14H24F2N2O3/c1-13(2,3)21-12(19)18-5-4-11(14(15,16)10-18)17-6-8-20-9-7-17/h11H,4-10H2,1-3H3. The van der Waals surface area contributed by atoms with E-state index in [0.717, 1.165) is 4.90 Å². The van der Waals surface area contributed by atoms with Gasteiger partial charge in [0.05, 0.1) is 25.8 Å². The molecule has 0 aromatic carbocycles. The van der Waals surface area contributed by atoms with E-state index < -0.39 is 30.2 Å². The van der Waals surface area contributed by atoms with Crippen LogP contribution in [-0.4, -0.2) is 72.9 Å². The first kappa shape index (κ1) is 16.4. The normalized spacial score (nSPS) is 27.5. The molecule has 1 amide bonds. The van der Waals surface area contributed by atoms with Gasteiger partial charge in [0.1, 0.15) is 5.60 Å². The number of carbonyl (C=O) groups excluding carboxylic acids is 1. The molecule has 0 aromatic heterocycles. The van der Waals surface area contributed by atoms with Crippen molar-refractivity contribution in [2.45, 2.75) is 44.8 Å². The van der Waals surface area contributed by atoms with Crippen molar-refractivity contribution in [2.75, 3.05) is 39.4 Å². The van der Waals surface area contributed by atoms with Crippen LogP contribution in [0.15, 0.2) is 0 Å². The third-order valence-corrected chi connectivity index (χ3v) is 3.70. The minimum Gasteiger partial charge on any atom is -0.444 e. The number of carbonyl (C=O) groups is 1. The molecule has 0 N–H and O–H groups in total. The minimum absolute atomic E-state index is 0.256. The Morgan fingerprint density at radius 2 is 1.86 bits per heavy atom. The van der Waals surface area contributed by atoms with Gasteiger partial charge in [-0.1, -0.05) is 0 Å². The number of likely N-dealkylation sites (tertiary alicyclic amines) is 1. The Kier molecular flexibility index (Phi) is 4.72. The van der Waals surface area contributed by atoms with Crippen molar-refractivity contribution < 1.29 is 23.0 Å². The largest absolute Gasteiger partial charge is 0.444 e. The zero-order valence-corrected chi connectivity index (χ0v) is 12.9. The van der Waals surface area contributed by atoms with Crippen molar-refractivity contribution in [2.24, 2.45) is 0 Å². The first-order valence-corrected chi connectivity index (χ1v) is 7.36. The predicted octanol–water partition coefficient (Wildman–Crippen LogP) is 1.96. The molecule has 0 aromatic rings. The monoisotopic (exact) mass is 306 g/mol. The first-order valence-electron chi connectivity index (χ1n) is 7.36. The lowest BCUT2D eigenvalue weighted by atomic mass is 9.99. The summed E-state index contributed by atoms with van der Waals surface area (Å²) in [6.07, 6.45) is -0.408. The van der Waals surface area contributed by atoms with Crippen molar-refractivity contribution >= 4 is 6.09 Å². The van der Waals surface area contributed by atoms with Crippen molar-refractivity contribution in [3.8, 4) is 0 Å². The van der Waals surface area contributed by atoms with Crippen molar-refractivity contribution in [1.29, 1.82) is 0 Å². The number of hydrogen-bond acceptors (Lipinski definition) is 4. The van der Waals surface area contributed by atoms with E-state index in [2.05, 4.69) is 0 Å². The summed E-state index contributed by atoms with van der Waals surface area (Å²) in [6, 6.07) is -0.819. The summed E-state index contributed by atoms with van der Waals surface area (Å²) in [5, 5.41) is 0. The van der Waals surface area contributed by atoms with Gasteiger partial charge in [-0.05, 0) is 27.2 Å². The molecule has 2 fully saturated rings. The molecular formula is C14H24F2N2O3. The summed E-state index contributed by atoms with van der Waals surface area (Å²) < 4.78 is 39.1. The van der Waals surface area contributed by atoms with Gasteiger partial charge in [0.15, 0.2) is 0 Å². The average molecular weight is 306 g/mol. The highest BCUT2D eigenvalue weighted by Crippen LogP contribution is 2.32. The number of piperidine rings is 1. The van der Waals surface area contributed by atoms with Crippen LogP contribution in [0.25, 0.3) is 0 Å². The maximum atomic E-state index is 14.4. The number of nitrogens with zero attached hydrogens (tertiary/aromatic N) is 2. The Balaban J connectivity index is 1.97. The fourth-order valence-electron chi connectivity index (χ4n) is 2.75. The number of amides is 1. The highest BCUT2D eigenvalue weighted by Gasteiger charge is 2.49. The number of hydrogen-bond donors (Lipinski definition) is 0. The van der Waals surface area contributed by atoms with E-state index >= 15 is 0 Å². The fraction of sp³-hybridized carbons (Fsp3) is 0.929. The molecule has 0 radical (unpaired) electrons. The second-order valence-electron chi connectivity index (χ2n) is 6.62. The highest BCUT2D eigenvalue weighted by atomic mass is 19.3. The van der Waals surface area contributed by atoms with Gasteiger partial charge in [-0.25, -0.2) is 13.6 Å². The van der Waals surface area contributed by atoms with Gasteiger partial charge in [-0.15, -0.1) is 0 Å². The van der Waals surface area contributed by atoms with Gasteiger partial charge in [0, 0.05) is 19.6 Å². The van der Waals surface area contributed by atoms with E-state index in [0.29, 0.717) is 32.8 Å². The molecule has 2 rings (SSSR count). The average Bonchev–Trinajstić information content (AvgIpc) is 2.36. The summed E-state index contributed by atoms with van der Waals surface area (Å²) in [7, 11) is 0. The highest BCUT2D eigenvalue weighted by molar-refractivity contribution is 5.68. The van der Waals surface area contributed by atoms with Gasteiger partial charge in [-0.3, -0.25) is 4.90 Å². The second kappa shape index (κ2) is 6.04. The van der Waals surface area contributed by atoms with Crippen LogP contribution < -0.4 is 0 Å². The maximum Gasteiger partial charge on any atom is 0.410 e. The lowest BCUT2D eigenvalue weighted by molar-refractivity contribution is -0.139. The van der Waals surface area contributed by atoms with Crippen LogP contribution in [0, 0.1) is 0 Å². The van der Waals surface area contributed by atoms with E-state index in [9.17, 15) is 13.6 Å². The molecule has 0 saturated carbocycles.